The highest BCUT2D eigenvalue weighted by Crippen LogP contribution is 2.13. The van der Waals surface area contributed by atoms with Crippen molar-refractivity contribution in [1.82, 2.24) is 0 Å². The standard InChI is InChI=1S/C9H16O2/c1-6(2)5-7(3)8(4)9(10)11/h6H,5H2,1-4H3,(H,10,11)/b8-7+. The number of allylic oxidation sites excluding steroid dienone is 1. The van der Waals surface area contributed by atoms with Crippen LogP contribution in [0.1, 0.15) is 34.1 Å². The molecule has 2 nitrogen and oxygen atoms in total. The van der Waals surface area contributed by atoms with Crippen molar-refractivity contribution in [3.05, 3.63) is 11.1 Å². The molecule has 0 rings (SSSR count). The summed E-state index contributed by atoms with van der Waals surface area (Å²) in [7, 11) is 0. The molecular formula is C9H16O2. The predicted octanol–water partition coefficient (Wildman–Crippen LogP) is 2.45. The van der Waals surface area contributed by atoms with Gasteiger partial charge in [-0.15, -0.1) is 0 Å². The molecular weight excluding hydrogens is 140 g/mol. The van der Waals surface area contributed by atoms with Crippen LogP contribution < -0.4 is 0 Å². The van der Waals surface area contributed by atoms with Crippen LogP contribution in [0.25, 0.3) is 0 Å². The molecule has 0 aromatic rings. The van der Waals surface area contributed by atoms with Gasteiger partial charge in [-0.3, -0.25) is 0 Å². The third kappa shape index (κ3) is 3.81. The first kappa shape index (κ1) is 10.2. The minimum atomic E-state index is -0.803. The Hall–Kier alpha value is -0.790. The van der Waals surface area contributed by atoms with E-state index in [0.717, 1.165) is 12.0 Å². The molecule has 0 heterocycles. The van der Waals surface area contributed by atoms with Gasteiger partial charge in [0.05, 0.1) is 0 Å². The molecule has 0 aromatic heterocycles. The third-order valence-corrected chi connectivity index (χ3v) is 1.68. The molecule has 0 saturated heterocycles. The molecule has 0 aliphatic carbocycles. The van der Waals surface area contributed by atoms with E-state index in [0.29, 0.717) is 11.5 Å². The summed E-state index contributed by atoms with van der Waals surface area (Å²) in [6.07, 6.45) is 0.873. The van der Waals surface area contributed by atoms with Crippen LogP contribution in [-0.4, -0.2) is 11.1 Å². The van der Waals surface area contributed by atoms with Gasteiger partial charge in [-0.05, 0) is 26.2 Å². The van der Waals surface area contributed by atoms with E-state index >= 15 is 0 Å². The van der Waals surface area contributed by atoms with E-state index in [4.69, 9.17) is 5.11 Å². The molecule has 0 fully saturated rings. The quantitative estimate of drug-likeness (QED) is 0.637. The number of aliphatic carboxylic acids is 1. The van der Waals surface area contributed by atoms with Gasteiger partial charge in [0.1, 0.15) is 0 Å². The molecule has 0 aliphatic heterocycles. The van der Waals surface area contributed by atoms with E-state index in [2.05, 4.69) is 13.8 Å². The summed E-state index contributed by atoms with van der Waals surface area (Å²) in [6.45, 7) is 7.70. The Balaban J connectivity index is 4.28. The topological polar surface area (TPSA) is 37.3 Å². The second-order valence-corrected chi connectivity index (χ2v) is 3.31. The molecule has 0 atom stereocenters. The molecule has 0 aliphatic rings. The van der Waals surface area contributed by atoms with Gasteiger partial charge in [0.15, 0.2) is 0 Å². The van der Waals surface area contributed by atoms with E-state index in [9.17, 15) is 4.79 Å². The number of carboxylic acid groups (broad SMARTS) is 1. The van der Waals surface area contributed by atoms with Gasteiger partial charge in [-0.2, -0.15) is 0 Å². The molecule has 0 amide bonds. The van der Waals surface area contributed by atoms with Crippen LogP contribution in [0.2, 0.25) is 0 Å². The lowest BCUT2D eigenvalue weighted by Crippen LogP contribution is -2.01. The highest BCUT2D eigenvalue weighted by Gasteiger charge is 2.05. The first-order valence-corrected chi connectivity index (χ1v) is 3.84. The van der Waals surface area contributed by atoms with Crippen molar-refractivity contribution in [2.45, 2.75) is 34.1 Å². The Morgan fingerprint density at radius 1 is 1.36 bits per heavy atom. The van der Waals surface area contributed by atoms with Crippen molar-refractivity contribution >= 4 is 5.97 Å². The van der Waals surface area contributed by atoms with Crippen LogP contribution in [-0.2, 0) is 4.79 Å². The molecule has 0 radical (unpaired) electrons. The zero-order valence-electron chi connectivity index (χ0n) is 7.64. The maximum Gasteiger partial charge on any atom is 0.331 e. The molecule has 64 valence electrons. The third-order valence-electron chi connectivity index (χ3n) is 1.68. The van der Waals surface area contributed by atoms with Crippen molar-refractivity contribution in [2.75, 3.05) is 0 Å². The van der Waals surface area contributed by atoms with Gasteiger partial charge >= 0.3 is 5.97 Å². The summed E-state index contributed by atoms with van der Waals surface area (Å²) in [6, 6.07) is 0. The highest BCUT2D eigenvalue weighted by atomic mass is 16.4. The molecule has 1 N–H and O–H groups in total. The average molecular weight is 156 g/mol. The maximum atomic E-state index is 10.5. The van der Waals surface area contributed by atoms with Crippen LogP contribution in [0, 0.1) is 5.92 Å². The van der Waals surface area contributed by atoms with Gasteiger partial charge in [-0.1, -0.05) is 19.4 Å². The molecule has 0 aromatic carbocycles. The summed E-state index contributed by atoms with van der Waals surface area (Å²) < 4.78 is 0. The van der Waals surface area contributed by atoms with Crippen molar-refractivity contribution < 1.29 is 9.90 Å². The molecule has 0 unspecified atom stereocenters. The normalized spacial score (nSPS) is 13.2. The fraction of sp³-hybridized carbons (Fsp3) is 0.667. The molecule has 2 heteroatoms. The first-order chi connectivity index (χ1) is 4.95. The SMILES string of the molecule is C/C(CC(C)C)=C(/C)C(=O)O. The molecule has 0 bridgehead atoms. The second-order valence-electron chi connectivity index (χ2n) is 3.31. The fourth-order valence-corrected chi connectivity index (χ4v) is 0.948. The Morgan fingerprint density at radius 3 is 2.09 bits per heavy atom. The Labute approximate surface area is 67.9 Å². The van der Waals surface area contributed by atoms with Gasteiger partial charge in [0.25, 0.3) is 0 Å². The minimum absolute atomic E-state index is 0.485. The fourth-order valence-electron chi connectivity index (χ4n) is 0.948. The number of carbonyl (C=O) groups is 1. The Morgan fingerprint density at radius 2 is 1.82 bits per heavy atom. The Bertz CT molecular complexity index is 178. The average Bonchev–Trinajstić information content (AvgIpc) is 1.84. The van der Waals surface area contributed by atoms with Crippen molar-refractivity contribution in [1.29, 1.82) is 0 Å². The highest BCUT2D eigenvalue weighted by molar-refractivity contribution is 5.86. The number of hydrogen-bond donors (Lipinski definition) is 1. The van der Waals surface area contributed by atoms with Gasteiger partial charge < -0.3 is 5.11 Å². The van der Waals surface area contributed by atoms with Crippen LogP contribution in [0.15, 0.2) is 11.1 Å². The largest absolute Gasteiger partial charge is 0.478 e. The zero-order chi connectivity index (χ0) is 9.02. The van der Waals surface area contributed by atoms with Crippen LogP contribution in [0.5, 0.6) is 0 Å². The second kappa shape index (κ2) is 4.16. The molecule has 0 saturated carbocycles. The van der Waals surface area contributed by atoms with Crippen LogP contribution in [0.3, 0.4) is 0 Å². The molecule has 11 heavy (non-hydrogen) atoms. The smallest absolute Gasteiger partial charge is 0.331 e. The number of carboxylic acids is 1. The minimum Gasteiger partial charge on any atom is -0.478 e. The summed E-state index contributed by atoms with van der Waals surface area (Å²) in [5.74, 6) is -0.271. The summed E-state index contributed by atoms with van der Waals surface area (Å²) in [5, 5.41) is 8.61. The lowest BCUT2D eigenvalue weighted by molar-refractivity contribution is -0.132. The van der Waals surface area contributed by atoms with Gasteiger partial charge in [-0.25, -0.2) is 4.79 Å². The van der Waals surface area contributed by atoms with E-state index in [1.165, 1.54) is 0 Å². The summed E-state index contributed by atoms with van der Waals surface area (Å²) in [4.78, 5) is 10.5. The number of hydrogen-bond acceptors (Lipinski definition) is 1. The Kier molecular flexibility index (Phi) is 3.86. The van der Waals surface area contributed by atoms with E-state index < -0.39 is 5.97 Å². The van der Waals surface area contributed by atoms with E-state index in [1.54, 1.807) is 6.92 Å². The van der Waals surface area contributed by atoms with Crippen LogP contribution >= 0.6 is 0 Å². The lowest BCUT2D eigenvalue weighted by atomic mass is 10.0. The summed E-state index contributed by atoms with van der Waals surface area (Å²) >= 11 is 0. The van der Waals surface area contributed by atoms with Crippen molar-refractivity contribution in [2.24, 2.45) is 5.92 Å². The lowest BCUT2D eigenvalue weighted by Gasteiger charge is -2.06. The predicted molar refractivity (Wildman–Crippen MR) is 45.5 cm³/mol. The van der Waals surface area contributed by atoms with Crippen molar-refractivity contribution in [3.63, 3.8) is 0 Å². The first-order valence-electron chi connectivity index (χ1n) is 3.84. The molecule has 0 spiro atoms. The summed E-state index contributed by atoms with van der Waals surface area (Å²) in [5.41, 5.74) is 1.46. The zero-order valence-corrected chi connectivity index (χ0v) is 7.64. The van der Waals surface area contributed by atoms with E-state index in [-0.39, 0.29) is 0 Å². The van der Waals surface area contributed by atoms with Crippen molar-refractivity contribution in [3.8, 4) is 0 Å². The maximum absolute atomic E-state index is 10.5. The van der Waals surface area contributed by atoms with E-state index in [1.807, 2.05) is 6.92 Å². The van der Waals surface area contributed by atoms with Crippen LogP contribution in [0.4, 0.5) is 0 Å². The number of rotatable bonds is 3. The van der Waals surface area contributed by atoms with Gasteiger partial charge in [0, 0.05) is 5.57 Å². The monoisotopic (exact) mass is 156 g/mol. The van der Waals surface area contributed by atoms with Gasteiger partial charge in [0.2, 0.25) is 0 Å².